The molecule has 0 bridgehead atoms. The molecule has 1 aromatic rings. The Morgan fingerprint density at radius 2 is 1.95 bits per heavy atom. The summed E-state index contributed by atoms with van der Waals surface area (Å²) in [5.74, 6) is 0.215. The maximum absolute atomic E-state index is 12.2. The maximum atomic E-state index is 12.2. The summed E-state index contributed by atoms with van der Waals surface area (Å²) in [6, 6.07) is 3.31. The van der Waals surface area contributed by atoms with Gasteiger partial charge in [-0.05, 0) is 6.07 Å². The van der Waals surface area contributed by atoms with Crippen LogP contribution in [0.3, 0.4) is 0 Å². The lowest BCUT2D eigenvalue weighted by Gasteiger charge is -2.23. The first-order valence-corrected chi connectivity index (χ1v) is 7.46. The van der Waals surface area contributed by atoms with Gasteiger partial charge in [-0.25, -0.2) is 4.98 Å². The van der Waals surface area contributed by atoms with E-state index < -0.39 is 0 Å². The summed E-state index contributed by atoms with van der Waals surface area (Å²) in [5.41, 5.74) is 0.404. The second-order valence-electron chi connectivity index (χ2n) is 5.05. The first kappa shape index (κ1) is 16.7. The Balaban J connectivity index is 1.96. The van der Waals surface area contributed by atoms with Gasteiger partial charge >= 0.3 is 0 Å². The predicted octanol–water partition coefficient (Wildman–Crippen LogP) is 0.0662. The van der Waals surface area contributed by atoms with Gasteiger partial charge in [0.05, 0.1) is 32.0 Å². The molecule has 1 aromatic heterocycles. The van der Waals surface area contributed by atoms with Crippen molar-refractivity contribution >= 4 is 5.91 Å². The molecule has 7 heteroatoms. The van der Waals surface area contributed by atoms with Gasteiger partial charge in [-0.1, -0.05) is 0 Å². The number of aliphatic hydroxyl groups excluding tert-OH is 2. The van der Waals surface area contributed by atoms with E-state index in [9.17, 15) is 4.79 Å². The van der Waals surface area contributed by atoms with E-state index in [0.717, 1.165) is 12.8 Å². The van der Waals surface area contributed by atoms with E-state index in [1.54, 1.807) is 12.1 Å². The highest BCUT2D eigenvalue weighted by Gasteiger charge is 2.18. The van der Waals surface area contributed by atoms with Gasteiger partial charge in [0.25, 0.3) is 5.91 Å². The van der Waals surface area contributed by atoms with E-state index in [0.29, 0.717) is 24.7 Å². The van der Waals surface area contributed by atoms with Gasteiger partial charge in [0.2, 0.25) is 5.88 Å². The zero-order chi connectivity index (χ0) is 15.8. The van der Waals surface area contributed by atoms with E-state index in [-0.39, 0.29) is 38.3 Å². The fourth-order valence-corrected chi connectivity index (χ4v) is 2.28. The van der Waals surface area contributed by atoms with E-state index in [4.69, 9.17) is 19.7 Å². The standard InChI is InChI=1S/C15H22N2O5/c18-7-5-17(6-8-19)15(20)12-1-2-14(16-11-12)22-13-3-9-21-10-4-13/h1-2,11,13,18-19H,3-10H2. The van der Waals surface area contributed by atoms with Crippen LogP contribution in [-0.2, 0) is 4.74 Å². The topological polar surface area (TPSA) is 92.1 Å². The third-order valence-electron chi connectivity index (χ3n) is 3.47. The molecule has 0 radical (unpaired) electrons. The molecule has 2 N–H and O–H groups in total. The summed E-state index contributed by atoms with van der Waals surface area (Å²) in [6.45, 7) is 1.45. The summed E-state index contributed by atoms with van der Waals surface area (Å²) < 4.78 is 11.0. The van der Waals surface area contributed by atoms with Crippen LogP contribution in [0.5, 0.6) is 5.88 Å². The molecule has 0 unspecified atom stereocenters. The van der Waals surface area contributed by atoms with Crippen LogP contribution in [-0.4, -0.2) is 71.6 Å². The smallest absolute Gasteiger partial charge is 0.255 e. The van der Waals surface area contributed by atoms with Gasteiger partial charge in [-0.3, -0.25) is 4.79 Å². The molecular formula is C15H22N2O5. The van der Waals surface area contributed by atoms with Gasteiger partial charge in [-0.15, -0.1) is 0 Å². The normalized spacial score (nSPS) is 15.5. The molecule has 2 heterocycles. The lowest BCUT2D eigenvalue weighted by atomic mass is 10.1. The van der Waals surface area contributed by atoms with Crippen LogP contribution in [0, 0.1) is 0 Å². The molecule has 0 aromatic carbocycles. The fraction of sp³-hybridized carbons (Fsp3) is 0.600. The Labute approximate surface area is 129 Å². The van der Waals surface area contributed by atoms with E-state index in [2.05, 4.69) is 4.98 Å². The lowest BCUT2D eigenvalue weighted by molar-refractivity contribution is 0.0237. The van der Waals surface area contributed by atoms with Crippen molar-refractivity contribution in [3.05, 3.63) is 23.9 Å². The van der Waals surface area contributed by atoms with Crippen molar-refractivity contribution in [1.82, 2.24) is 9.88 Å². The highest BCUT2D eigenvalue weighted by Crippen LogP contribution is 2.16. The predicted molar refractivity (Wildman–Crippen MR) is 78.8 cm³/mol. The van der Waals surface area contributed by atoms with Crippen molar-refractivity contribution in [3.8, 4) is 5.88 Å². The Kier molecular flexibility index (Phi) is 6.57. The van der Waals surface area contributed by atoms with Crippen molar-refractivity contribution in [2.75, 3.05) is 39.5 Å². The minimum absolute atomic E-state index is 0.100. The number of aromatic nitrogens is 1. The quantitative estimate of drug-likeness (QED) is 0.740. The number of ether oxygens (including phenoxy) is 2. The first-order valence-electron chi connectivity index (χ1n) is 7.46. The Morgan fingerprint density at radius 3 is 2.50 bits per heavy atom. The average Bonchev–Trinajstić information content (AvgIpc) is 2.56. The second kappa shape index (κ2) is 8.67. The molecule has 0 saturated carbocycles. The van der Waals surface area contributed by atoms with Gasteiger partial charge in [-0.2, -0.15) is 0 Å². The number of nitrogens with zero attached hydrogens (tertiary/aromatic N) is 2. The molecule has 1 saturated heterocycles. The summed E-state index contributed by atoms with van der Waals surface area (Å²) in [7, 11) is 0. The monoisotopic (exact) mass is 310 g/mol. The van der Waals surface area contributed by atoms with Gasteiger partial charge in [0, 0.05) is 38.2 Å². The van der Waals surface area contributed by atoms with Crippen LogP contribution in [0.2, 0.25) is 0 Å². The largest absolute Gasteiger partial charge is 0.474 e. The molecule has 122 valence electrons. The maximum Gasteiger partial charge on any atom is 0.255 e. The van der Waals surface area contributed by atoms with Crippen LogP contribution in [0.15, 0.2) is 18.3 Å². The molecular weight excluding hydrogens is 288 g/mol. The van der Waals surface area contributed by atoms with Crippen molar-refractivity contribution in [1.29, 1.82) is 0 Å². The van der Waals surface area contributed by atoms with Gasteiger partial charge < -0.3 is 24.6 Å². The average molecular weight is 310 g/mol. The minimum atomic E-state index is -0.270. The molecule has 1 aliphatic heterocycles. The third kappa shape index (κ3) is 4.66. The van der Waals surface area contributed by atoms with Crippen molar-refractivity contribution in [2.24, 2.45) is 0 Å². The van der Waals surface area contributed by atoms with Crippen LogP contribution >= 0.6 is 0 Å². The fourth-order valence-electron chi connectivity index (χ4n) is 2.28. The van der Waals surface area contributed by atoms with Crippen LogP contribution < -0.4 is 4.74 Å². The zero-order valence-corrected chi connectivity index (χ0v) is 12.5. The van der Waals surface area contributed by atoms with Gasteiger partial charge in [0.15, 0.2) is 0 Å². The number of pyridine rings is 1. The second-order valence-corrected chi connectivity index (χ2v) is 5.05. The highest BCUT2D eigenvalue weighted by molar-refractivity contribution is 5.94. The summed E-state index contributed by atoms with van der Waals surface area (Å²) in [5, 5.41) is 17.9. The molecule has 1 amide bonds. The molecule has 1 aliphatic rings. The molecule has 0 spiro atoms. The molecule has 2 rings (SSSR count). The molecule has 1 fully saturated rings. The molecule has 7 nitrogen and oxygen atoms in total. The van der Waals surface area contributed by atoms with Crippen molar-refractivity contribution in [3.63, 3.8) is 0 Å². The van der Waals surface area contributed by atoms with E-state index in [1.165, 1.54) is 11.1 Å². The minimum Gasteiger partial charge on any atom is -0.474 e. The van der Waals surface area contributed by atoms with Gasteiger partial charge in [0.1, 0.15) is 6.10 Å². The zero-order valence-electron chi connectivity index (χ0n) is 12.5. The SMILES string of the molecule is O=C(c1ccc(OC2CCOCC2)nc1)N(CCO)CCO. The number of amides is 1. The first-order chi connectivity index (χ1) is 10.7. The molecule has 0 aliphatic carbocycles. The number of carbonyl (C=O) groups is 1. The number of hydrogen-bond donors (Lipinski definition) is 2. The summed E-state index contributed by atoms with van der Waals surface area (Å²) in [6.07, 6.45) is 3.23. The summed E-state index contributed by atoms with van der Waals surface area (Å²) in [4.78, 5) is 17.8. The Hall–Kier alpha value is -1.70. The number of aliphatic hydroxyl groups is 2. The third-order valence-corrected chi connectivity index (χ3v) is 3.47. The molecule has 22 heavy (non-hydrogen) atoms. The van der Waals surface area contributed by atoms with Crippen LogP contribution in [0.4, 0.5) is 0 Å². The summed E-state index contributed by atoms with van der Waals surface area (Å²) >= 11 is 0. The number of carbonyl (C=O) groups excluding carboxylic acids is 1. The van der Waals surface area contributed by atoms with Crippen LogP contribution in [0.1, 0.15) is 23.2 Å². The molecule has 0 atom stereocenters. The van der Waals surface area contributed by atoms with Crippen molar-refractivity contribution in [2.45, 2.75) is 18.9 Å². The van der Waals surface area contributed by atoms with Crippen LogP contribution in [0.25, 0.3) is 0 Å². The van der Waals surface area contributed by atoms with E-state index >= 15 is 0 Å². The number of rotatable bonds is 7. The van der Waals surface area contributed by atoms with Crippen molar-refractivity contribution < 1.29 is 24.5 Å². The lowest BCUT2D eigenvalue weighted by Crippen LogP contribution is -2.35. The Morgan fingerprint density at radius 1 is 1.27 bits per heavy atom. The Bertz CT molecular complexity index is 454. The number of hydrogen-bond acceptors (Lipinski definition) is 6. The highest BCUT2D eigenvalue weighted by atomic mass is 16.5. The van der Waals surface area contributed by atoms with E-state index in [1.807, 2.05) is 0 Å².